The molecule has 0 amide bonds. The third kappa shape index (κ3) is 4.71. The van der Waals surface area contributed by atoms with E-state index < -0.39 is 8.32 Å². The molecule has 0 saturated heterocycles. The minimum Gasteiger partial charge on any atom is -0.407 e. The predicted octanol–water partition coefficient (Wildman–Crippen LogP) is 4.45. The summed E-state index contributed by atoms with van der Waals surface area (Å²) < 4.78 is 17.4. The largest absolute Gasteiger partial charge is 0.407 e. The summed E-state index contributed by atoms with van der Waals surface area (Å²) in [6.45, 7) is 13.9. The Morgan fingerprint density at radius 3 is 2.50 bits per heavy atom. The van der Waals surface area contributed by atoms with E-state index in [0.29, 0.717) is 11.6 Å². The Labute approximate surface area is 129 Å². The van der Waals surface area contributed by atoms with Crippen molar-refractivity contribution in [1.29, 1.82) is 0 Å². The van der Waals surface area contributed by atoms with Crippen LogP contribution in [0.3, 0.4) is 0 Å². The first-order valence-electron chi connectivity index (χ1n) is 7.10. The van der Waals surface area contributed by atoms with Crippen molar-refractivity contribution in [3.63, 3.8) is 0 Å². The number of rotatable bonds is 6. The molecule has 0 aromatic rings. The molecule has 0 aromatic heterocycles. The zero-order valence-electron chi connectivity index (χ0n) is 13.4. The van der Waals surface area contributed by atoms with Crippen LogP contribution in [0.4, 0.5) is 0 Å². The molecule has 20 heavy (non-hydrogen) atoms. The Balaban J connectivity index is 2.75. The summed E-state index contributed by atoms with van der Waals surface area (Å²) in [7, 11) is -1.87. The molecule has 5 heteroatoms. The molecule has 0 aromatic carbocycles. The van der Waals surface area contributed by atoms with Crippen molar-refractivity contribution in [3.8, 4) is 0 Å². The second kappa shape index (κ2) is 7.23. The Morgan fingerprint density at radius 1 is 1.30 bits per heavy atom. The van der Waals surface area contributed by atoms with E-state index in [0.717, 1.165) is 0 Å². The standard InChI is InChI=1S/C15H27ClO3Si/c1-7-17-11-18-14-12(16)9-8-10-13(14)19-20(5,6)15(2,3)4/h8-10,13-14H,7,11H2,1-6H3/t13-,14-/m1/s1. The number of allylic oxidation sites excluding steroid dienone is 2. The number of ether oxygens (including phenoxy) is 2. The SMILES string of the molecule is CCOCO[C@@H]1C(Cl)=CC=C[C@H]1O[Si](C)(C)C(C)(C)C. The summed E-state index contributed by atoms with van der Waals surface area (Å²) in [6.07, 6.45) is 5.38. The molecule has 0 unspecified atom stereocenters. The van der Waals surface area contributed by atoms with Gasteiger partial charge in [0.05, 0.1) is 6.10 Å². The Morgan fingerprint density at radius 2 is 1.95 bits per heavy atom. The van der Waals surface area contributed by atoms with E-state index >= 15 is 0 Å². The highest BCUT2D eigenvalue weighted by molar-refractivity contribution is 6.74. The molecule has 0 N–H and O–H groups in total. The van der Waals surface area contributed by atoms with Crippen LogP contribution in [-0.4, -0.2) is 33.9 Å². The van der Waals surface area contributed by atoms with Crippen LogP contribution in [0.25, 0.3) is 0 Å². The van der Waals surface area contributed by atoms with Gasteiger partial charge in [-0.25, -0.2) is 0 Å². The molecule has 0 fully saturated rings. The fourth-order valence-corrected chi connectivity index (χ4v) is 3.10. The third-order valence-electron chi connectivity index (χ3n) is 3.90. The lowest BCUT2D eigenvalue weighted by Crippen LogP contribution is -2.47. The van der Waals surface area contributed by atoms with Gasteiger partial charge in [0.25, 0.3) is 0 Å². The maximum Gasteiger partial charge on any atom is 0.193 e. The summed E-state index contributed by atoms with van der Waals surface area (Å²) in [6, 6.07) is 0. The van der Waals surface area contributed by atoms with Gasteiger partial charge in [0, 0.05) is 11.6 Å². The predicted molar refractivity (Wildman–Crippen MR) is 86.5 cm³/mol. The van der Waals surface area contributed by atoms with Crippen molar-refractivity contribution in [2.45, 2.75) is 58.0 Å². The van der Waals surface area contributed by atoms with E-state index in [1.807, 2.05) is 25.2 Å². The lowest BCUT2D eigenvalue weighted by Gasteiger charge is -2.41. The van der Waals surface area contributed by atoms with Crippen molar-refractivity contribution in [1.82, 2.24) is 0 Å². The van der Waals surface area contributed by atoms with Gasteiger partial charge in [0.15, 0.2) is 8.32 Å². The zero-order chi connectivity index (χ0) is 15.4. The molecule has 0 aliphatic heterocycles. The van der Waals surface area contributed by atoms with Gasteiger partial charge in [0.1, 0.15) is 12.9 Å². The van der Waals surface area contributed by atoms with Gasteiger partial charge >= 0.3 is 0 Å². The van der Waals surface area contributed by atoms with Crippen LogP contribution in [0.15, 0.2) is 23.3 Å². The van der Waals surface area contributed by atoms with Crippen LogP contribution >= 0.6 is 11.6 Å². The quantitative estimate of drug-likeness (QED) is 0.411. The van der Waals surface area contributed by atoms with E-state index in [4.69, 9.17) is 25.5 Å². The van der Waals surface area contributed by atoms with Crippen LogP contribution in [0.5, 0.6) is 0 Å². The second-order valence-electron chi connectivity index (χ2n) is 6.48. The lowest BCUT2D eigenvalue weighted by atomic mass is 10.1. The first kappa shape index (κ1) is 17.9. The maximum absolute atomic E-state index is 6.40. The van der Waals surface area contributed by atoms with Gasteiger partial charge in [-0.05, 0) is 31.1 Å². The minimum absolute atomic E-state index is 0.145. The lowest BCUT2D eigenvalue weighted by molar-refractivity contribution is -0.0955. The molecule has 0 spiro atoms. The van der Waals surface area contributed by atoms with Crippen molar-refractivity contribution in [3.05, 3.63) is 23.3 Å². The highest BCUT2D eigenvalue weighted by atomic mass is 35.5. The molecule has 116 valence electrons. The van der Waals surface area contributed by atoms with Gasteiger partial charge in [-0.15, -0.1) is 0 Å². The molecule has 0 saturated carbocycles. The van der Waals surface area contributed by atoms with Gasteiger partial charge in [-0.2, -0.15) is 0 Å². The summed E-state index contributed by atoms with van der Waals surface area (Å²) in [5, 5.41) is 0.815. The highest BCUT2D eigenvalue weighted by Crippen LogP contribution is 2.39. The van der Waals surface area contributed by atoms with Crippen LogP contribution in [-0.2, 0) is 13.9 Å². The van der Waals surface area contributed by atoms with Crippen molar-refractivity contribution in [2.75, 3.05) is 13.4 Å². The molecule has 1 rings (SSSR count). The van der Waals surface area contributed by atoms with Gasteiger partial charge in [-0.1, -0.05) is 44.5 Å². The molecular formula is C15H27ClO3Si. The molecule has 0 radical (unpaired) electrons. The summed E-state index contributed by atoms with van der Waals surface area (Å²) in [5.41, 5.74) is 0. The molecule has 0 heterocycles. The topological polar surface area (TPSA) is 27.7 Å². The van der Waals surface area contributed by atoms with Crippen LogP contribution in [0.2, 0.25) is 18.1 Å². The number of hydrogen-bond donors (Lipinski definition) is 0. The van der Waals surface area contributed by atoms with E-state index in [-0.39, 0.29) is 24.0 Å². The fourth-order valence-electron chi connectivity index (χ4n) is 1.61. The normalized spacial score (nSPS) is 23.9. The molecule has 1 aliphatic rings. The van der Waals surface area contributed by atoms with Gasteiger partial charge < -0.3 is 13.9 Å². The van der Waals surface area contributed by atoms with E-state index in [1.165, 1.54) is 0 Å². The van der Waals surface area contributed by atoms with Crippen molar-refractivity contribution >= 4 is 19.9 Å². The molecule has 1 aliphatic carbocycles. The fraction of sp³-hybridized carbons (Fsp3) is 0.733. The van der Waals surface area contributed by atoms with E-state index in [1.54, 1.807) is 0 Å². The van der Waals surface area contributed by atoms with Crippen LogP contribution in [0.1, 0.15) is 27.7 Å². The Bertz CT molecular complexity index is 372. The molecule has 3 nitrogen and oxygen atoms in total. The maximum atomic E-state index is 6.40. The zero-order valence-corrected chi connectivity index (χ0v) is 15.2. The van der Waals surface area contributed by atoms with Crippen molar-refractivity contribution in [2.24, 2.45) is 0 Å². The first-order valence-corrected chi connectivity index (χ1v) is 10.4. The van der Waals surface area contributed by atoms with E-state index in [2.05, 4.69) is 33.9 Å². The smallest absolute Gasteiger partial charge is 0.193 e. The minimum atomic E-state index is -1.87. The summed E-state index contributed by atoms with van der Waals surface area (Å²) >= 11 is 6.26. The van der Waals surface area contributed by atoms with Gasteiger partial charge in [-0.3, -0.25) is 0 Å². The third-order valence-corrected chi connectivity index (χ3v) is 8.71. The number of halogens is 1. The average molecular weight is 319 g/mol. The van der Waals surface area contributed by atoms with Crippen LogP contribution < -0.4 is 0 Å². The monoisotopic (exact) mass is 318 g/mol. The molecular weight excluding hydrogens is 292 g/mol. The summed E-state index contributed by atoms with van der Waals surface area (Å²) in [4.78, 5) is 0. The first-order chi connectivity index (χ1) is 9.19. The van der Waals surface area contributed by atoms with E-state index in [9.17, 15) is 0 Å². The average Bonchev–Trinajstić information content (AvgIpc) is 2.31. The molecule has 0 bridgehead atoms. The second-order valence-corrected chi connectivity index (χ2v) is 11.7. The van der Waals surface area contributed by atoms with Crippen LogP contribution in [0, 0.1) is 0 Å². The molecule has 2 atom stereocenters. The highest BCUT2D eigenvalue weighted by Gasteiger charge is 2.41. The Kier molecular flexibility index (Phi) is 6.47. The van der Waals surface area contributed by atoms with Gasteiger partial charge in [0.2, 0.25) is 0 Å². The summed E-state index contributed by atoms with van der Waals surface area (Å²) in [5.74, 6) is 0. The number of hydrogen-bond acceptors (Lipinski definition) is 3. The Hall–Kier alpha value is -0.133. The van der Waals surface area contributed by atoms with Crippen molar-refractivity contribution < 1.29 is 13.9 Å².